The molecule has 1 aliphatic heterocycles. The molecule has 5 heteroatoms. The van der Waals surface area contributed by atoms with Crippen molar-refractivity contribution in [2.24, 2.45) is 0 Å². The Kier molecular flexibility index (Phi) is 7.16. The summed E-state index contributed by atoms with van der Waals surface area (Å²) in [6.07, 6.45) is 2.53. The van der Waals surface area contributed by atoms with Gasteiger partial charge in [-0.2, -0.15) is 0 Å². The molecule has 2 atom stereocenters. The molecule has 0 aliphatic carbocycles. The molecule has 1 aliphatic rings. The first-order chi connectivity index (χ1) is 8.24. The van der Waals surface area contributed by atoms with Crippen LogP contribution in [0.15, 0.2) is 0 Å². The summed E-state index contributed by atoms with van der Waals surface area (Å²) in [5.74, 6) is -0.0451. The Morgan fingerprint density at radius 2 is 2.24 bits per heavy atom. The third-order valence-corrected chi connectivity index (χ3v) is 2.52. The van der Waals surface area contributed by atoms with Gasteiger partial charge in [-0.15, -0.1) is 0 Å². The molecule has 2 unspecified atom stereocenters. The highest BCUT2D eigenvalue weighted by Gasteiger charge is 2.27. The van der Waals surface area contributed by atoms with Gasteiger partial charge in [0.05, 0.1) is 19.3 Å². The third-order valence-electron chi connectivity index (χ3n) is 2.52. The van der Waals surface area contributed by atoms with Crippen molar-refractivity contribution in [1.82, 2.24) is 5.32 Å². The first-order valence-corrected chi connectivity index (χ1v) is 6.32. The van der Waals surface area contributed by atoms with Gasteiger partial charge < -0.3 is 19.5 Å². The van der Waals surface area contributed by atoms with Crippen molar-refractivity contribution < 1.29 is 19.0 Å². The van der Waals surface area contributed by atoms with Crippen molar-refractivity contribution in [2.75, 3.05) is 26.4 Å². The standard InChI is InChI=1S/C12H23NO4/c1-3-6-15-8-9-17-12-11(13-10(2)14)5-4-7-16-12/h11-12H,3-9H2,1-2H3,(H,13,14). The topological polar surface area (TPSA) is 56.8 Å². The highest BCUT2D eigenvalue weighted by Crippen LogP contribution is 2.15. The van der Waals surface area contributed by atoms with Gasteiger partial charge in [0.1, 0.15) is 0 Å². The minimum atomic E-state index is -0.335. The van der Waals surface area contributed by atoms with E-state index in [2.05, 4.69) is 12.2 Å². The van der Waals surface area contributed by atoms with Gasteiger partial charge in [0.2, 0.25) is 5.91 Å². The van der Waals surface area contributed by atoms with Crippen LogP contribution in [0.1, 0.15) is 33.1 Å². The number of amides is 1. The molecule has 0 radical (unpaired) electrons. The van der Waals surface area contributed by atoms with Crippen LogP contribution in [0, 0.1) is 0 Å². The third kappa shape index (κ3) is 6.00. The molecule has 17 heavy (non-hydrogen) atoms. The average molecular weight is 245 g/mol. The molecule has 1 amide bonds. The number of hydrogen-bond acceptors (Lipinski definition) is 4. The summed E-state index contributed by atoms with van der Waals surface area (Å²) in [6, 6.07) is -0.0348. The van der Waals surface area contributed by atoms with Crippen LogP contribution in [0.4, 0.5) is 0 Å². The zero-order valence-electron chi connectivity index (χ0n) is 10.7. The van der Waals surface area contributed by atoms with Gasteiger partial charge >= 0.3 is 0 Å². The molecule has 0 aromatic heterocycles. The summed E-state index contributed by atoms with van der Waals surface area (Å²) in [6.45, 7) is 6.09. The maximum atomic E-state index is 11.0. The number of hydrogen-bond donors (Lipinski definition) is 1. The molecule has 100 valence electrons. The van der Waals surface area contributed by atoms with Gasteiger partial charge in [-0.1, -0.05) is 6.92 Å². The molecule has 1 N–H and O–H groups in total. The zero-order chi connectivity index (χ0) is 12.5. The number of ether oxygens (including phenoxy) is 3. The van der Waals surface area contributed by atoms with Crippen LogP contribution < -0.4 is 5.32 Å². The molecule has 1 fully saturated rings. The first-order valence-electron chi connectivity index (χ1n) is 6.32. The monoisotopic (exact) mass is 245 g/mol. The van der Waals surface area contributed by atoms with Crippen LogP contribution in [-0.4, -0.2) is 44.7 Å². The Labute approximate surface area is 103 Å². The Morgan fingerprint density at radius 3 is 2.94 bits per heavy atom. The van der Waals surface area contributed by atoms with E-state index >= 15 is 0 Å². The predicted octanol–water partition coefficient (Wildman–Crippen LogP) is 1.07. The van der Waals surface area contributed by atoms with E-state index in [1.807, 2.05) is 0 Å². The van der Waals surface area contributed by atoms with Crippen LogP contribution in [0.3, 0.4) is 0 Å². The van der Waals surface area contributed by atoms with E-state index in [-0.39, 0.29) is 18.2 Å². The van der Waals surface area contributed by atoms with Gasteiger partial charge in [0, 0.05) is 20.1 Å². The Morgan fingerprint density at radius 1 is 1.41 bits per heavy atom. The number of carbonyl (C=O) groups excluding carboxylic acids is 1. The Hall–Kier alpha value is -0.650. The molecule has 0 saturated carbocycles. The maximum Gasteiger partial charge on any atom is 0.217 e. The van der Waals surface area contributed by atoms with E-state index in [4.69, 9.17) is 14.2 Å². The lowest BCUT2D eigenvalue weighted by Gasteiger charge is -2.31. The summed E-state index contributed by atoms with van der Waals surface area (Å²) in [7, 11) is 0. The Bertz CT molecular complexity index is 223. The van der Waals surface area contributed by atoms with E-state index in [9.17, 15) is 4.79 Å². The molecular formula is C12H23NO4. The van der Waals surface area contributed by atoms with E-state index in [0.29, 0.717) is 19.8 Å². The molecule has 0 aromatic carbocycles. The lowest BCUT2D eigenvalue weighted by molar-refractivity contribution is -0.185. The Balaban J connectivity index is 2.20. The van der Waals surface area contributed by atoms with Crippen molar-refractivity contribution in [2.45, 2.75) is 45.4 Å². The fourth-order valence-corrected chi connectivity index (χ4v) is 1.79. The van der Waals surface area contributed by atoms with Gasteiger partial charge in [-0.25, -0.2) is 0 Å². The number of rotatable bonds is 7. The first kappa shape index (κ1) is 14.4. The molecular weight excluding hydrogens is 222 g/mol. The van der Waals surface area contributed by atoms with E-state index in [1.165, 1.54) is 6.92 Å². The fraction of sp³-hybridized carbons (Fsp3) is 0.917. The summed E-state index contributed by atoms with van der Waals surface area (Å²) in [4.78, 5) is 11.0. The van der Waals surface area contributed by atoms with Crippen molar-refractivity contribution in [3.8, 4) is 0 Å². The molecule has 1 heterocycles. The quantitative estimate of drug-likeness (QED) is 0.682. The molecule has 5 nitrogen and oxygen atoms in total. The molecule has 0 bridgehead atoms. The molecule has 0 aromatic rings. The van der Waals surface area contributed by atoms with Gasteiger partial charge in [0.15, 0.2) is 6.29 Å². The minimum Gasteiger partial charge on any atom is -0.379 e. The minimum absolute atomic E-state index is 0.0348. The van der Waals surface area contributed by atoms with Gasteiger partial charge in [0.25, 0.3) is 0 Å². The summed E-state index contributed by atoms with van der Waals surface area (Å²) in [5.41, 5.74) is 0. The SMILES string of the molecule is CCCOCCOC1OCCCC1NC(C)=O. The van der Waals surface area contributed by atoms with Crippen LogP contribution >= 0.6 is 0 Å². The zero-order valence-corrected chi connectivity index (χ0v) is 10.7. The van der Waals surface area contributed by atoms with Crippen LogP contribution in [0.2, 0.25) is 0 Å². The number of carbonyl (C=O) groups is 1. The highest BCUT2D eigenvalue weighted by atomic mass is 16.7. The largest absolute Gasteiger partial charge is 0.379 e. The van der Waals surface area contributed by atoms with Crippen molar-refractivity contribution in [3.05, 3.63) is 0 Å². The molecule has 0 spiro atoms. The second-order valence-corrected chi connectivity index (χ2v) is 4.17. The van der Waals surface area contributed by atoms with E-state index in [0.717, 1.165) is 25.9 Å². The summed E-state index contributed by atoms with van der Waals surface area (Å²) < 4.78 is 16.4. The van der Waals surface area contributed by atoms with Gasteiger partial charge in [-0.3, -0.25) is 4.79 Å². The van der Waals surface area contributed by atoms with E-state index in [1.54, 1.807) is 0 Å². The predicted molar refractivity (Wildman–Crippen MR) is 63.6 cm³/mol. The van der Waals surface area contributed by atoms with Gasteiger partial charge in [-0.05, 0) is 19.3 Å². The second-order valence-electron chi connectivity index (χ2n) is 4.17. The summed E-state index contributed by atoms with van der Waals surface area (Å²) >= 11 is 0. The molecule has 1 rings (SSSR count). The smallest absolute Gasteiger partial charge is 0.217 e. The van der Waals surface area contributed by atoms with E-state index < -0.39 is 0 Å². The van der Waals surface area contributed by atoms with Crippen molar-refractivity contribution in [1.29, 1.82) is 0 Å². The van der Waals surface area contributed by atoms with Crippen molar-refractivity contribution in [3.63, 3.8) is 0 Å². The van der Waals surface area contributed by atoms with Crippen molar-refractivity contribution >= 4 is 5.91 Å². The number of nitrogens with one attached hydrogen (secondary N) is 1. The fourth-order valence-electron chi connectivity index (χ4n) is 1.79. The summed E-state index contributed by atoms with van der Waals surface area (Å²) in [5, 5.41) is 2.85. The lowest BCUT2D eigenvalue weighted by Crippen LogP contribution is -2.48. The average Bonchev–Trinajstić information content (AvgIpc) is 2.30. The molecule has 1 saturated heterocycles. The lowest BCUT2D eigenvalue weighted by atomic mass is 10.1. The van der Waals surface area contributed by atoms with Crippen LogP contribution in [0.5, 0.6) is 0 Å². The van der Waals surface area contributed by atoms with Crippen LogP contribution in [0.25, 0.3) is 0 Å². The van der Waals surface area contributed by atoms with Crippen LogP contribution in [-0.2, 0) is 19.0 Å². The second kappa shape index (κ2) is 8.44. The normalized spacial score (nSPS) is 24.6. The highest BCUT2D eigenvalue weighted by molar-refractivity contribution is 5.73. The maximum absolute atomic E-state index is 11.0.